The van der Waals surface area contributed by atoms with Gasteiger partial charge in [0.15, 0.2) is 5.96 Å². The largest absolute Gasteiger partial charge is 0.376 e. The summed E-state index contributed by atoms with van der Waals surface area (Å²) in [6.07, 6.45) is 3.67. The molecule has 0 spiro atoms. The Bertz CT molecular complexity index is 417. The zero-order valence-electron chi connectivity index (χ0n) is 15.0. The molecule has 2 aliphatic rings. The summed E-state index contributed by atoms with van der Waals surface area (Å²) in [6.45, 7) is 6.03. The van der Waals surface area contributed by atoms with Crippen molar-refractivity contribution in [2.24, 2.45) is 4.99 Å². The highest BCUT2D eigenvalue weighted by Crippen LogP contribution is 2.21. The Morgan fingerprint density at radius 1 is 1.46 bits per heavy atom. The second-order valence-electron chi connectivity index (χ2n) is 6.29. The zero-order valence-corrected chi connectivity index (χ0v) is 18.1. The number of hydrogen-bond acceptors (Lipinski definition) is 4. The maximum absolute atomic E-state index is 11.9. The molecular formula is C16H31IN4O2S. The van der Waals surface area contributed by atoms with Crippen molar-refractivity contribution >= 4 is 47.6 Å². The van der Waals surface area contributed by atoms with E-state index in [4.69, 9.17) is 4.74 Å². The number of aliphatic imine (C=N–C) groups is 1. The van der Waals surface area contributed by atoms with Crippen LogP contribution in [0.15, 0.2) is 4.99 Å². The molecule has 140 valence electrons. The highest BCUT2D eigenvalue weighted by molar-refractivity contribution is 14.0. The van der Waals surface area contributed by atoms with Crippen LogP contribution in [-0.4, -0.2) is 85.7 Å². The lowest BCUT2D eigenvalue weighted by molar-refractivity contribution is -0.127. The Kier molecular flexibility index (Phi) is 10.4. The van der Waals surface area contributed by atoms with Crippen LogP contribution in [0.25, 0.3) is 0 Å². The van der Waals surface area contributed by atoms with Crippen LogP contribution in [0, 0.1) is 0 Å². The van der Waals surface area contributed by atoms with Gasteiger partial charge in [-0.3, -0.25) is 4.79 Å². The lowest BCUT2D eigenvalue weighted by atomic mass is 10.2. The number of halogens is 1. The summed E-state index contributed by atoms with van der Waals surface area (Å²) in [7, 11) is 3.53. The van der Waals surface area contributed by atoms with Crippen LogP contribution in [0.3, 0.4) is 0 Å². The third-order valence-electron chi connectivity index (χ3n) is 4.27. The molecule has 1 amide bonds. The minimum absolute atomic E-state index is 0. The van der Waals surface area contributed by atoms with Crippen molar-refractivity contribution in [3.05, 3.63) is 0 Å². The van der Waals surface area contributed by atoms with Crippen LogP contribution in [0.1, 0.15) is 26.2 Å². The van der Waals surface area contributed by atoms with Crippen molar-refractivity contribution in [1.29, 1.82) is 0 Å². The van der Waals surface area contributed by atoms with Crippen LogP contribution < -0.4 is 5.32 Å². The summed E-state index contributed by atoms with van der Waals surface area (Å²) < 4.78 is 5.68. The molecule has 2 aliphatic heterocycles. The van der Waals surface area contributed by atoms with E-state index in [2.05, 4.69) is 22.1 Å². The highest BCUT2D eigenvalue weighted by atomic mass is 127. The summed E-state index contributed by atoms with van der Waals surface area (Å²) in [5.41, 5.74) is 0. The molecule has 0 saturated carbocycles. The van der Waals surface area contributed by atoms with Crippen molar-refractivity contribution in [2.45, 2.75) is 37.5 Å². The number of hydrogen-bond donors (Lipinski definition) is 1. The van der Waals surface area contributed by atoms with Crippen LogP contribution >= 0.6 is 35.7 Å². The smallest absolute Gasteiger partial charge is 0.243 e. The lowest BCUT2D eigenvalue weighted by Gasteiger charge is -2.34. The molecule has 0 aliphatic carbocycles. The normalized spacial score (nSPS) is 24.5. The highest BCUT2D eigenvalue weighted by Gasteiger charge is 2.23. The first-order valence-corrected chi connectivity index (χ1v) is 9.61. The van der Waals surface area contributed by atoms with E-state index in [1.165, 1.54) is 0 Å². The predicted molar refractivity (Wildman–Crippen MR) is 111 cm³/mol. The number of ether oxygens (including phenoxy) is 1. The third-order valence-corrected chi connectivity index (χ3v) is 5.64. The number of carbonyl (C=O) groups is 1. The summed E-state index contributed by atoms with van der Waals surface area (Å²) in [5, 5.41) is 4.08. The van der Waals surface area contributed by atoms with Gasteiger partial charge in [0.2, 0.25) is 5.91 Å². The standard InChI is InChI=1S/C16H30N4O2S.HI/c1-4-14-12-20(7-9-23-14)16(18-11-15(21)19(2)3)17-10-13-6-5-8-22-13;/h13-14H,4-12H2,1-3H3,(H,17,18);1H. The van der Waals surface area contributed by atoms with Crippen LogP contribution in [0.2, 0.25) is 0 Å². The molecule has 2 saturated heterocycles. The lowest BCUT2D eigenvalue weighted by Crippen LogP contribution is -2.49. The zero-order chi connectivity index (χ0) is 16.7. The predicted octanol–water partition coefficient (Wildman–Crippen LogP) is 1.64. The molecule has 0 aromatic rings. The van der Waals surface area contributed by atoms with Gasteiger partial charge in [0.05, 0.1) is 6.10 Å². The first kappa shape index (κ1) is 21.8. The molecule has 24 heavy (non-hydrogen) atoms. The average molecular weight is 470 g/mol. The first-order chi connectivity index (χ1) is 11.1. The fourth-order valence-electron chi connectivity index (χ4n) is 2.72. The molecule has 2 heterocycles. The van der Waals surface area contributed by atoms with E-state index in [1.807, 2.05) is 11.8 Å². The third kappa shape index (κ3) is 6.95. The van der Waals surface area contributed by atoms with E-state index in [9.17, 15) is 4.79 Å². The van der Waals surface area contributed by atoms with Gasteiger partial charge < -0.3 is 19.9 Å². The monoisotopic (exact) mass is 470 g/mol. The summed E-state index contributed by atoms with van der Waals surface area (Å²) in [4.78, 5) is 20.3. The van der Waals surface area contributed by atoms with Gasteiger partial charge in [-0.15, -0.1) is 24.0 Å². The summed E-state index contributed by atoms with van der Waals surface area (Å²) in [6, 6.07) is 0. The van der Waals surface area contributed by atoms with Gasteiger partial charge in [-0.1, -0.05) is 6.92 Å². The number of carbonyl (C=O) groups excluding carboxylic acids is 1. The minimum atomic E-state index is 0. The Labute approximate surface area is 167 Å². The van der Waals surface area contributed by atoms with E-state index in [-0.39, 0.29) is 42.5 Å². The number of rotatable bonds is 5. The molecule has 0 aromatic carbocycles. The molecule has 2 atom stereocenters. The van der Waals surface area contributed by atoms with Gasteiger partial charge in [-0.2, -0.15) is 11.8 Å². The molecule has 2 fully saturated rings. The number of guanidine groups is 1. The number of nitrogens with one attached hydrogen (secondary N) is 1. The topological polar surface area (TPSA) is 57.2 Å². The molecular weight excluding hydrogens is 439 g/mol. The van der Waals surface area contributed by atoms with E-state index < -0.39 is 0 Å². The fraction of sp³-hybridized carbons (Fsp3) is 0.875. The first-order valence-electron chi connectivity index (χ1n) is 8.56. The molecule has 8 heteroatoms. The van der Waals surface area contributed by atoms with Gasteiger partial charge in [0, 0.05) is 51.3 Å². The molecule has 2 rings (SSSR count). The van der Waals surface area contributed by atoms with Crippen LogP contribution in [0.5, 0.6) is 0 Å². The van der Waals surface area contributed by atoms with Crippen molar-refractivity contribution < 1.29 is 9.53 Å². The second kappa shape index (κ2) is 11.4. The van der Waals surface area contributed by atoms with Gasteiger partial charge in [0.25, 0.3) is 0 Å². The Morgan fingerprint density at radius 2 is 2.25 bits per heavy atom. The van der Waals surface area contributed by atoms with Gasteiger partial charge >= 0.3 is 0 Å². The van der Waals surface area contributed by atoms with Gasteiger partial charge in [-0.05, 0) is 19.3 Å². The second-order valence-corrected chi connectivity index (χ2v) is 7.70. The summed E-state index contributed by atoms with van der Waals surface area (Å²) in [5.74, 6) is 2.00. The molecule has 0 bridgehead atoms. The maximum Gasteiger partial charge on any atom is 0.243 e. The van der Waals surface area contributed by atoms with E-state index in [1.54, 1.807) is 19.0 Å². The number of likely N-dealkylation sites (N-methyl/N-ethyl adjacent to an activating group) is 1. The Balaban J connectivity index is 0.00000288. The maximum atomic E-state index is 11.9. The van der Waals surface area contributed by atoms with Crippen molar-refractivity contribution in [3.63, 3.8) is 0 Å². The van der Waals surface area contributed by atoms with Crippen molar-refractivity contribution in [3.8, 4) is 0 Å². The summed E-state index contributed by atoms with van der Waals surface area (Å²) >= 11 is 2.03. The molecule has 0 radical (unpaired) electrons. The van der Waals surface area contributed by atoms with Gasteiger partial charge in [-0.25, -0.2) is 4.99 Å². The molecule has 6 nitrogen and oxygen atoms in total. The van der Waals surface area contributed by atoms with E-state index in [0.717, 1.165) is 57.2 Å². The number of nitrogens with zero attached hydrogens (tertiary/aromatic N) is 3. The Morgan fingerprint density at radius 3 is 2.88 bits per heavy atom. The van der Waals surface area contributed by atoms with Crippen molar-refractivity contribution in [2.75, 3.05) is 52.6 Å². The number of amides is 1. The fourth-order valence-corrected chi connectivity index (χ4v) is 3.90. The molecule has 1 N–H and O–H groups in total. The number of thioether (sulfide) groups is 1. The Hall–Kier alpha value is -0.220. The quantitative estimate of drug-likeness (QED) is 0.376. The molecule has 2 unspecified atom stereocenters. The average Bonchev–Trinajstić information content (AvgIpc) is 3.08. The minimum Gasteiger partial charge on any atom is -0.376 e. The molecule has 0 aromatic heterocycles. The van der Waals surface area contributed by atoms with Crippen molar-refractivity contribution in [1.82, 2.24) is 15.1 Å². The van der Waals surface area contributed by atoms with Crippen LogP contribution in [-0.2, 0) is 9.53 Å². The van der Waals surface area contributed by atoms with Crippen LogP contribution in [0.4, 0.5) is 0 Å². The van der Waals surface area contributed by atoms with E-state index >= 15 is 0 Å². The SMILES string of the molecule is CCC1CN(C(=NCC(=O)N(C)C)NCC2CCCO2)CCS1.I. The van der Waals surface area contributed by atoms with Gasteiger partial charge in [0.1, 0.15) is 6.54 Å². The van der Waals surface area contributed by atoms with E-state index in [0.29, 0.717) is 5.25 Å².